The van der Waals surface area contributed by atoms with Gasteiger partial charge in [-0.25, -0.2) is 4.39 Å². The van der Waals surface area contributed by atoms with E-state index in [0.29, 0.717) is 30.7 Å². The van der Waals surface area contributed by atoms with Gasteiger partial charge in [-0.1, -0.05) is 6.08 Å². The number of nitrogens with two attached hydrogens (primary N) is 1. The molecule has 0 saturated heterocycles. The molecule has 2 unspecified atom stereocenters. The van der Waals surface area contributed by atoms with Crippen LogP contribution in [-0.2, 0) is 9.53 Å². The van der Waals surface area contributed by atoms with Crippen LogP contribution in [0.5, 0.6) is 0 Å². The largest absolute Gasteiger partial charge is 0.401 e. The van der Waals surface area contributed by atoms with Crippen LogP contribution in [0.25, 0.3) is 0 Å². The second-order valence-electron chi connectivity index (χ2n) is 5.57. The van der Waals surface area contributed by atoms with Crippen LogP contribution in [0.3, 0.4) is 0 Å². The summed E-state index contributed by atoms with van der Waals surface area (Å²) in [5.74, 6) is -0.848. The summed E-state index contributed by atoms with van der Waals surface area (Å²) in [6.07, 6.45) is 7.94. The monoisotopic (exact) mass is 352 g/mol. The lowest BCUT2D eigenvalue weighted by Crippen LogP contribution is -2.37. The zero-order valence-electron chi connectivity index (χ0n) is 15.4. The van der Waals surface area contributed by atoms with Crippen molar-refractivity contribution in [3.8, 4) is 0 Å². The number of nitrogens with one attached hydrogen (secondary N) is 1. The van der Waals surface area contributed by atoms with Gasteiger partial charge in [0.05, 0.1) is 12.3 Å². The molecule has 0 aromatic rings. The fraction of sp³-hybridized carbons (Fsp3) is 0.444. The number of rotatable bonds is 12. The predicted octanol–water partition coefficient (Wildman–Crippen LogP) is 2.13. The second kappa shape index (κ2) is 13.1. The molecule has 0 heterocycles. The van der Waals surface area contributed by atoms with E-state index in [4.69, 9.17) is 10.5 Å². The van der Waals surface area contributed by atoms with E-state index in [1.54, 1.807) is 39.2 Å². The Bertz CT molecular complexity index is 535. The molecular weight excluding hydrogens is 323 g/mol. The molecule has 0 aliphatic rings. The Kier molecular flexibility index (Phi) is 11.9. The minimum absolute atomic E-state index is 0.297. The van der Waals surface area contributed by atoms with E-state index < -0.39 is 12.1 Å². The molecule has 6 nitrogen and oxygen atoms in total. The van der Waals surface area contributed by atoms with Gasteiger partial charge in [-0.15, -0.1) is 6.58 Å². The molecule has 0 aromatic heterocycles. The van der Waals surface area contributed by atoms with Crippen LogP contribution in [0.2, 0.25) is 0 Å². The van der Waals surface area contributed by atoms with Crippen LogP contribution in [0.15, 0.2) is 53.2 Å². The molecule has 0 radical (unpaired) electrons. The number of methoxy groups -OCH3 is 1. The van der Waals surface area contributed by atoms with Gasteiger partial charge in [0.2, 0.25) is 0 Å². The first-order chi connectivity index (χ1) is 11.9. The number of aldehydes is 1. The van der Waals surface area contributed by atoms with Crippen molar-refractivity contribution < 1.29 is 13.9 Å². The highest BCUT2D eigenvalue weighted by molar-refractivity contribution is 5.64. The van der Waals surface area contributed by atoms with Crippen LogP contribution in [0.4, 0.5) is 4.39 Å². The average molecular weight is 352 g/mol. The molecule has 2 atom stereocenters. The number of allylic oxidation sites excluding steroid dienone is 4. The minimum Gasteiger partial charge on any atom is -0.401 e. The van der Waals surface area contributed by atoms with Crippen molar-refractivity contribution in [1.82, 2.24) is 10.2 Å². The summed E-state index contributed by atoms with van der Waals surface area (Å²) in [4.78, 5) is 16.3. The summed E-state index contributed by atoms with van der Waals surface area (Å²) in [6.45, 7) is 5.71. The minimum atomic E-state index is -0.509. The summed E-state index contributed by atoms with van der Waals surface area (Å²) in [5.41, 5.74) is 6.90. The van der Waals surface area contributed by atoms with Crippen molar-refractivity contribution in [3.05, 3.63) is 48.2 Å². The second-order valence-corrected chi connectivity index (χ2v) is 5.57. The molecular formula is C18H29FN4O2. The fourth-order valence-corrected chi connectivity index (χ4v) is 1.80. The number of likely N-dealkylation sites (N-methyl/N-ethyl adjacent to an activating group) is 1. The van der Waals surface area contributed by atoms with Gasteiger partial charge in [-0.3, -0.25) is 14.7 Å². The van der Waals surface area contributed by atoms with Crippen molar-refractivity contribution in [3.63, 3.8) is 0 Å². The zero-order chi connectivity index (χ0) is 19.2. The van der Waals surface area contributed by atoms with Crippen LogP contribution in [0.1, 0.15) is 13.3 Å². The molecule has 7 heteroatoms. The summed E-state index contributed by atoms with van der Waals surface area (Å²) in [5, 5.41) is 2.93. The highest BCUT2D eigenvalue weighted by Gasteiger charge is 2.14. The first kappa shape index (κ1) is 22.8. The van der Waals surface area contributed by atoms with Gasteiger partial charge >= 0.3 is 0 Å². The van der Waals surface area contributed by atoms with E-state index in [1.165, 1.54) is 24.4 Å². The molecule has 0 amide bonds. The lowest BCUT2D eigenvalue weighted by atomic mass is 10.0. The third-order valence-corrected chi connectivity index (χ3v) is 3.30. The number of nitrogens with zero attached hydrogens (tertiary/aromatic N) is 2. The van der Waals surface area contributed by atoms with Crippen LogP contribution >= 0.6 is 0 Å². The number of hydrogen-bond donors (Lipinski definition) is 2. The Morgan fingerprint density at radius 3 is 2.64 bits per heavy atom. The van der Waals surface area contributed by atoms with E-state index in [1.807, 2.05) is 0 Å². The van der Waals surface area contributed by atoms with E-state index in [0.717, 1.165) is 0 Å². The van der Waals surface area contributed by atoms with Gasteiger partial charge in [-0.2, -0.15) is 0 Å². The Hall–Kier alpha value is -2.25. The SMILES string of the molecule is C=CC(C/C=N\C(COC)=C(/C)N)/C(F)=C\C(N/C=C\C=O)N(C)C. The molecule has 0 saturated carbocycles. The molecule has 3 N–H and O–H groups in total. The molecule has 0 spiro atoms. The molecule has 0 bridgehead atoms. The van der Waals surface area contributed by atoms with E-state index in [2.05, 4.69) is 16.9 Å². The number of aliphatic imine (C=N–C) groups is 1. The Labute approximate surface area is 149 Å². The van der Waals surface area contributed by atoms with Crippen LogP contribution in [0, 0.1) is 5.92 Å². The number of hydrogen-bond acceptors (Lipinski definition) is 6. The molecule has 0 aromatic carbocycles. The maximum absolute atomic E-state index is 14.5. The van der Waals surface area contributed by atoms with Gasteiger partial charge in [0.1, 0.15) is 18.3 Å². The van der Waals surface area contributed by atoms with Crippen LogP contribution < -0.4 is 11.1 Å². The number of halogens is 1. The first-order valence-electron chi connectivity index (χ1n) is 7.86. The summed E-state index contributed by atoms with van der Waals surface area (Å²) >= 11 is 0. The number of carbonyl (C=O) groups is 1. The number of carbonyl (C=O) groups excluding carboxylic acids is 1. The van der Waals surface area contributed by atoms with Gasteiger partial charge in [-0.05, 0) is 39.6 Å². The maximum atomic E-state index is 14.5. The average Bonchev–Trinajstić information content (AvgIpc) is 2.56. The molecule has 0 fully saturated rings. The Balaban J connectivity index is 5.06. The normalized spacial score (nSPS) is 16.2. The summed E-state index contributed by atoms with van der Waals surface area (Å²) in [7, 11) is 5.15. The standard InChI is InChI=1S/C18H29FN4O2/c1-6-15(8-10-21-17(13-25-5)14(2)20)16(19)12-18(23(3)4)22-9-7-11-24/h6-7,9-12,15,18,22H,1,8,13,20H2,2-5H3/b9-7-,16-12+,17-14+,21-10-. The summed E-state index contributed by atoms with van der Waals surface area (Å²) < 4.78 is 19.5. The molecule has 0 aliphatic heterocycles. The van der Waals surface area contributed by atoms with Gasteiger partial charge in [0, 0.05) is 31.1 Å². The van der Waals surface area contributed by atoms with Crippen molar-refractivity contribution >= 4 is 12.5 Å². The summed E-state index contributed by atoms with van der Waals surface area (Å²) in [6, 6.07) is 0. The van der Waals surface area contributed by atoms with Crippen LogP contribution in [-0.4, -0.2) is 51.4 Å². The quantitative estimate of drug-likeness (QED) is 0.185. The zero-order valence-corrected chi connectivity index (χ0v) is 15.4. The van der Waals surface area contributed by atoms with E-state index in [-0.39, 0.29) is 5.83 Å². The highest BCUT2D eigenvalue weighted by atomic mass is 19.1. The smallest absolute Gasteiger partial charge is 0.144 e. The van der Waals surface area contributed by atoms with Crippen molar-refractivity contribution in [2.45, 2.75) is 19.5 Å². The predicted molar refractivity (Wildman–Crippen MR) is 101 cm³/mol. The van der Waals surface area contributed by atoms with E-state index >= 15 is 0 Å². The number of ether oxygens (including phenoxy) is 1. The van der Waals surface area contributed by atoms with E-state index in [9.17, 15) is 9.18 Å². The Morgan fingerprint density at radius 2 is 2.16 bits per heavy atom. The molecule has 0 aliphatic carbocycles. The van der Waals surface area contributed by atoms with Gasteiger partial charge in [0.15, 0.2) is 0 Å². The van der Waals surface area contributed by atoms with Crippen molar-refractivity contribution in [2.24, 2.45) is 16.6 Å². The third-order valence-electron chi connectivity index (χ3n) is 3.30. The van der Waals surface area contributed by atoms with Crippen molar-refractivity contribution in [2.75, 3.05) is 27.8 Å². The molecule has 0 rings (SSSR count). The molecule has 140 valence electrons. The van der Waals surface area contributed by atoms with Gasteiger partial charge < -0.3 is 15.8 Å². The third kappa shape index (κ3) is 9.59. The topological polar surface area (TPSA) is 80.0 Å². The maximum Gasteiger partial charge on any atom is 0.144 e. The lowest BCUT2D eigenvalue weighted by molar-refractivity contribution is -0.104. The first-order valence-corrected chi connectivity index (χ1v) is 7.86. The Morgan fingerprint density at radius 1 is 1.48 bits per heavy atom. The van der Waals surface area contributed by atoms with Gasteiger partial charge in [0.25, 0.3) is 0 Å². The fourth-order valence-electron chi connectivity index (χ4n) is 1.80. The molecule has 25 heavy (non-hydrogen) atoms. The highest BCUT2D eigenvalue weighted by Crippen LogP contribution is 2.18. The van der Waals surface area contributed by atoms with Crippen molar-refractivity contribution in [1.29, 1.82) is 0 Å². The lowest BCUT2D eigenvalue weighted by Gasteiger charge is -2.22.